The van der Waals surface area contributed by atoms with Gasteiger partial charge in [0.1, 0.15) is 11.5 Å². The minimum absolute atomic E-state index is 0.200. The second-order valence-electron chi connectivity index (χ2n) is 5.88. The van der Waals surface area contributed by atoms with Gasteiger partial charge in [-0.1, -0.05) is 23.8 Å². The zero-order chi connectivity index (χ0) is 19.1. The van der Waals surface area contributed by atoms with E-state index in [0.717, 1.165) is 21.2 Å². The summed E-state index contributed by atoms with van der Waals surface area (Å²) in [5, 5.41) is 0. The molecule has 6 nitrogen and oxygen atoms in total. The van der Waals surface area contributed by atoms with Crippen LogP contribution < -0.4 is 20.3 Å². The van der Waals surface area contributed by atoms with Gasteiger partial charge in [-0.2, -0.15) is 0 Å². The standard InChI is InChI=1S/C19H21BrN2O4/c1-12-4-6-16(14(3)8-12)25-10-18(23)21-22-19(24)11-26-17-7-5-13(2)9-15(17)20/h4-9H,10-11H2,1-3H3,(H,21,23)(H,22,24). The van der Waals surface area contributed by atoms with Gasteiger partial charge in [0.2, 0.25) is 0 Å². The molecule has 0 saturated heterocycles. The monoisotopic (exact) mass is 420 g/mol. The second-order valence-corrected chi connectivity index (χ2v) is 6.73. The van der Waals surface area contributed by atoms with E-state index in [1.54, 1.807) is 6.07 Å². The van der Waals surface area contributed by atoms with Crippen molar-refractivity contribution < 1.29 is 19.1 Å². The molecule has 26 heavy (non-hydrogen) atoms. The molecule has 0 atom stereocenters. The molecular weight excluding hydrogens is 400 g/mol. The maximum absolute atomic E-state index is 11.8. The molecule has 0 radical (unpaired) electrons. The fourth-order valence-corrected chi connectivity index (χ4v) is 2.79. The molecule has 2 aromatic rings. The summed E-state index contributed by atoms with van der Waals surface area (Å²) in [5.74, 6) is 0.243. The van der Waals surface area contributed by atoms with E-state index in [-0.39, 0.29) is 13.2 Å². The number of halogens is 1. The number of rotatable bonds is 6. The summed E-state index contributed by atoms with van der Waals surface area (Å²) in [4.78, 5) is 23.5. The Labute approximate surface area is 161 Å². The molecule has 2 amide bonds. The molecule has 0 heterocycles. The van der Waals surface area contributed by atoms with E-state index >= 15 is 0 Å². The van der Waals surface area contributed by atoms with Gasteiger partial charge in [0.15, 0.2) is 13.2 Å². The second kappa shape index (κ2) is 9.24. The molecule has 0 aliphatic heterocycles. The van der Waals surface area contributed by atoms with Crippen molar-refractivity contribution in [3.63, 3.8) is 0 Å². The fraction of sp³-hybridized carbons (Fsp3) is 0.263. The van der Waals surface area contributed by atoms with Crippen molar-refractivity contribution in [3.8, 4) is 11.5 Å². The van der Waals surface area contributed by atoms with Crippen molar-refractivity contribution in [3.05, 3.63) is 57.6 Å². The van der Waals surface area contributed by atoms with Gasteiger partial charge in [-0.25, -0.2) is 0 Å². The highest BCUT2D eigenvalue weighted by molar-refractivity contribution is 9.10. The van der Waals surface area contributed by atoms with Crippen LogP contribution in [-0.4, -0.2) is 25.0 Å². The lowest BCUT2D eigenvalue weighted by Crippen LogP contribution is -2.45. The third-order valence-corrected chi connectivity index (χ3v) is 4.10. The number of aryl methyl sites for hydroxylation is 3. The molecule has 7 heteroatoms. The van der Waals surface area contributed by atoms with Gasteiger partial charge in [0, 0.05) is 0 Å². The molecule has 2 rings (SSSR count). The molecular formula is C19H21BrN2O4. The van der Waals surface area contributed by atoms with Crippen LogP contribution in [0.2, 0.25) is 0 Å². The smallest absolute Gasteiger partial charge is 0.276 e. The van der Waals surface area contributed by atoms with Gasteiger partial charge in [0.25, 0.3) is 11.8 Å². The minimum Gasteiger partial charge on any atom is -0.483 e. The summed E-state index contributed by atoms with van der Waals surface area (Å²) in [6.07, 6.45) is 0. The molecule has 0 aliphatic carbocycles. The average molecular weight is 421 g/mol. The minimum atomic E-state index is -0.475. The van der Waals surface area contributed by atoms with Crippen molar-refractivity contribution in [1.82, 2.24) is 10.9 Å². The first-order valence-electron chi connectivity index (χ1n) is 8.02. The molecule has 0 aliphatic rings. The third kappa shape index (κ3) is 6.07. The number of amides is 2. The molecule has 0 fully saturated rings. The molecule has 0 spiro atoms. The van der Waals surface area contributed by atoms with E-state index < -0.39 is 11.8 Å². The summed E-state index contributed by atoms with van der Waals surface area (Å²) >= 11 is 3.37. The first kappa shape index (κ1) is 19.8. The van der Waals surface area contributed by atoms with Crippen LogP contribution in [0.5, 0.6) is 11.5 Å². The molecule has 2 N–H and O–H groups in total. The Morgan fingerprint density at radius 1 is 0.846 bits per heavy atom. The Hall–Kier alpha value is -2.54. The van der Waals surface area contributed by atoms with E-state index in [1.807, 2.05) is 51.1 Å². The van der Waals surface area contributed by atoms with Gasteiger partial charge in [-0.05, 0) is 66.0 Å². The van der Waals surface area contributed by atoms with Crippen molar-refractivity contribution >= 4 is 27.7 Å². The normalized spacial score (nSPS) is 10.2. The van der Waals surface area contributed by atoms with Crippen molar-refractivity contribution in [1.29, 1.82) is 0 Å². The van der Waals surface area contributed by atoms with Crippen molar-refractivity contribution in [2.75, 3.05) is 13.2 Å². The lowest BCUT2D eigenvalue weighted by Gasteiger charge is -2.12. The van der Waals surface area contributed by atoms with Crippen LogP contribution in [0.3, 0.4) is 0 Å². The Balaban J connectivity index is 1.72. The van der Waals surface area contributed by atoms with Gasteiger partial charge >= 0.3 is 0 Å². The molecule has 0 saturated carbocycles. The summed E-state index contributed by atoms with van der Waals surface area (Å²) in [5.41, 5.74) is 7.71. The largest absolute Gasteiger partial charge is 0.483 e. The Bertz CT molecular complexity index is 741. The summed E-state index contributed by atoms with van der Waals surface area (Å²) in [6.45, 7) is 5.42. The van der Waals surface area contributed by atoms with Crippen LogP contribution in [0.15, 0.2) is 40.9 Å². The number of carbonyl (C=O) groups excluding carboxylic acids is 2. The Kier molecular flexibility index (Phi) is 7.03. The van der Waals surface area contributed by atoms with E-state index in [1.165, 1.54) is 0 Å². The van der Waals surface area contributed by atoms with Crippen molar-refractivity contribution in [2.45, 2.75) is 20.8 Å². The quantitative estimate of drug-likeness (QED) is 0.704. The van der Waals surface area contributed by atoms with Crippen LogP contribution in [-0.2, 0) is 9.59 Å². The van der Waals surface area contributed by atoms with E-state index in [0.29, 0.717) is 11.5 Å². The Morgan fingerprint density at radius 3 is 1.88 bits per heavy atom. The van der Waals surface area contributed by atoms with Gasteiger partial charge in [-0.15, -0.1) is 0 Å². The Morgan fingerprint density at radius 2 is 1.35 bits per heavy atom. The van der Waals surface area contributed by atoms with Crippen LogP contribution in [0.4, 0.5) is 0 Å². The van der Waals surface area contributed by atoms with Gasteiger partial charge in [0.05, 0.1) is 4.47 Å². The highest BCUT2D eigenvalue weighted by Gasteiger charge is 2.09. The first-order valence-corrected chi connectivity index (χ1v) is 8.81. The van der Waals surface area contributed by atoms with Crippen LogP contribution in [0.1, 0.15) is 16.7 Å². The topological polar surface area (TPSA) is 76.7 Å². The number of ether oxygens (including phenoxy) is 2. The maximum atomic E-state index is 11.8. The number of hydrogen-bond donors (Lipinski definition) is 2. The van der Waals surface area contributed by atoms with Crippen LogP contribution in [0, 0.1) is 20.8 Å². The van der Waals surface area contributed by atoms with Gasteiger partial charge < -0.3 is 9.47 Å². The lowest BCUT2D eigenvalue weighted by atomic mass is 10.1. The summed E-state index contributed by atoms with van der Waals surface area (Å²) in [7, 11) is 0. The highest BCUT2D eigenvalue weighted by atomic mass is 79.9. The summed E-state index contributed by atoms with van der Waals surface area (Å²) < 4.78 is 11.6. The predicted octanol–water partition coefficient (Wildman–Crippen LogP) is 2.98. The predicted molar refractivity (Wildman–Crippen MR) is 102 cm³/mol. The third-order valence-electron chi connectivity index (χ3n) is 3.48. The number of benzene rings is 2. The van der Waals surface area contributed by atoms with Crippen LogP contribution >= 0.6 is 15.9 Å². The number of carbonyl (C=O) groups is 2. The molecule has 0 bridgehead atoms. The van der Waals surface area contributed by atoms with Crippen LogP contribution in [0.25, 0.3) is 0 Å². The molecule has 138 valence electrons. The van der Waals surface area contributed by atoms with E-state index in [4.69, 9.17) is 9.47 Å². The van der Waals surface area contributed by atoms with E-state index in [9.17, 15) is 9.59 Å². The maximum Gasteiger partial charge on any atom is 0.276 e. The summed E-state index contributed by atoms with van der Waals surface area (Å²) in [6, 6.07) is 11.2. The molecule has 2 aromatic carbocycles. The average Bonchev–Trinajstić information content (AvgIpc) is 2.58. The fourth-order valence-electron chi connectivity index (χ4n) is 2.18. The number of nitrogens with one attached hydrogen (secondary N) is 2. The first-order chi connectivity index (χ1) is 12.3. The van der Waals surface area contributed by atoms with E-state index in [2.05, 4.69) is 26.8 Å². The zero-order valence-electron chi connectivity index (χ0n) is 14.9. The molecule has 0 unspecified atom stereocenters. The highest BCUT2D eigenvalue weighted by Crippen LogP contribution is 2.25. The number of hydrazine groups is 1. The van der Waals surface area contributed by atoms with Gasteiger partial charge in [-0.3, -0.25) is 20.4 Å². The zero-order valence-corrected chi connectivity index (χ0v) is 16.5. The SMILES string of the molecule is Cc1ccc(OCC(=O)NNC(=O)COc2ccc(C)cc2Br)c(C)c1. The lowest BCUT2D eigenvalue weighted by molar-refractivity contribution is -0.131. The van der Waals surface area contributed by atoms with Crippen molar-refractivity contribution in [2.24, 2.45) is 0 Å². The molecule has 0 aromatic heterocycles. The number of hydrogen-bond acceptors (Lipinski definition) is 4.